The molecule has 2 saturated heterocycles. The van der Waals surface area contributed by atoms with Gasteiger partial charge in [0.05, 0.1) is 12.8 Å². The summed E-state index contributed by atoms with van der Waals surface area (Å²) in [4.78, 5) is 18.7. The lowest BCUT2D eigenvalue weighted by atomic mass is 9.78. The van der Waals surface area contributed by atoms with Crippen molar-refractivity contribution in [2.24, 2.45) is 5.41 Å². The number of carbonyl (C=O) groups is 1. The molecule has 1 saturated carbocycles. The molecule has 0 amide bonds. The van der Waals surface area contributed by atoms with Crippen LogP contribution in [0.25, 0.3) is 10.7 Å². The second-order valence-electron chi connectivity index (χ2n) is 9.27. The minimum Gasteiger partial charge on any atom is -0.468 e. The highest BCUT2D eigenvalue weighted by Crippen LogP contribution is 2.47. The Bertz CT molecular complexity index is 883. The molecule has 4 heterocycles. The van der Waals surface area contributed by atoms with E-state index in [1.807, 2.05) is 0 Å². The molecule has 0 aromatic carbocycles. The molecule has 2 aliphatic heterocycles. The first kappa shape index (κ1) is 23.2. The summed E-state index contributed by atoms with van der Waals surface area (Å²) in [6, 6.07) is 2.41. The number of halogens is 1. The van der Waals surface area contributed by atoms with Gasteiger partial charge in [-0.25, -0.2) is 4.39 Å². The molecular weight excluding hydrogens is 429 g/mol. The molecule has 2 aromatic rings. The summed E-state index contributed by atoms with van der Waals surface area (Å²) in [5.41, 5.74) is 4.14. The van der Waals surface area contributed by atoms with Crippen LogP contribution in [0.15, 0.2) is 17.8 Å². The third-order valence-electron chi connectivity index (χ3n) is 7.05. The van der Waals surface area contributed by atoms with Crippen LogP contribution in [0.3, 0.4) is 0 Å². The zero-order valence-electron chi connectivity index (χ0n) is 18.9. The Labute approximate surface area is 193 Å². The van der Waals surface area contributed by atoms with E-state index in [9.17, 15) is 9.18 Å². The van der Waals surface area contributed by atoms with Gasteiger partial charge in [0, 0.05) is 19.1 Å². The van der Waals surface area contributed by atoms with E-state index >= 15 is 0 Å². The Balaban J connectivity index is 0.000000444. The summed E-state index contributed by atoms with van der Waals surface area (Å²) in [7, 11) is 2.23. The van der Waals surface area contributed by atoms with Crippen LogP contribution in [0.4, 0.5) is 4.39 Å². The molecule has 32 heavy (non-hydrogen) atoms. The van der Waals surface area contributed by atoms with Crippen LogP contribution in [0, 0.1) is 11.2 Å². The zero-order valence-corrected chi connectivity index (χ0v) is 19.7. The largest absolute Gasteiger partial charge is 0.468 e. The van der Waals surface area contributed by atoms with E-state index in [-0.39, 0.29) is 5.82 Å². The lowest BCUT2D eigenvalue weighted by Gasteiger charge is -2.47. The SMILES string of the molecule is CCOC=O.CN1CC2(CCC(N3CCC(c4cc(F)cnc4-c4nncs4)CC3)C2)C1. The van der Waals surface area contributed by atoms with Gasteiger partial charge in [-0.1, -0.05) is 11.3 Å². The predicted octanol–water partition coefficient (Wildman–Crippen LogP) is 3.58. The second-order valence-corrected chi connectivity index (χ2v) is 10.1. The van der Waals surface area contributed by atoms with E-state index in [4.69, 9.17) is 0 Å². The number of piperidine rings is 1. The number of nitrogens with zero attached hydrogens (tertiary/aromatic N) is 5. The lowest BCUT2D eigenvalue weighted by molar-refractivity contribution is -0.128. The fraction of sp³-hybridized carbons (Fsp3) is 0.652. The molecule has 5 rings (SSSR count). The van der Waals surface area contributed by atoms with Gasteiger partial charge in [0.15, 0.2) is 5.01 Å². The maximum absolute atomic E-state index is 13.9. The summed E-state index contributed by atoms with van der Waals surface area (Å²) in [6.07, 6.45) is 7.52. The minimum atomic E-state index is -0.257. The van der Waals surface area contributed by atoms with Crippen molar-refractivity contribution in [2.75, 3.05) is 39.8 Å². The Kier molecular flexibility index (Phi) is 7.48. The molecule has 1 spiro atoms. The van der Waals surface area contributed by atoms with Crippen molar-refractivity contribution in [3.8, 4) is 10.7 Å². The summed E-state index contributed by atoms with van der Waals surface area (Å²) >= 11 is 1.47. The van der Waals surface area contributed by atoms with E-state index in [1.165, 1.54) is 49.9 Å². The number of carbonyl (C=O) groups excluding carboxylic acids is 1. The Morgan fingerprint density at radius 1 is 1.31 bits per heavy atom. The van der Waals surface area contributed by atoms with Crippen LogP contribution >= 0.6 is 11.3 Å². The highest BCUT2D eigenvalue weighted by Gasteiger charge is 2.48. The summed E-state index contributed by atoms with van der Waals surface area (Å²) in [5.74, 6) is 0.0982. The molecule has 0 bridgehead atoms. The maximum atomic E-state index is 13.9. The minimum absolute atomic E-state index is 0.257. The van der Waals surface area contributed by atoms with Crippen LogP contribution in [-0.4, -0.2) is 77.3 Å². The molecule has 0 N–H and O–H groups in total. The molecule has 9 heteroatoms. The van der Waals surface area contributed by atoms with Crippen LogP contribution in [0.1, 0.15) is 50.5 Å². The van der Waals surface area contributed by atoms with Gasteiger partial charge in [-0.3, -0.25) is 9.78 Å². The van der Waals surface area contributed by atoms with Crippen LogP contribution in [0.5, 0.6) is 0 Å². The van der Waals surface area contributed by atoms with Crippen molar-refractivity contribution in [1.29, 1.82) is 0 Å². The van der Waals surface area contributed by atoms with Gasteiger partial charge in [0.1, 0.15) is 17.0 Å². The monoisotopic (exact) mass is 461 g/mol. The Morgan fingerprint density at radius 3 is 2.69 bits per heavy atom. The van der Waals surface area contributed by atoms with Crippen molar-refractivity contribution in [3.05, 3.63) is 29.2 Å². The number of likely N-dealkylation sites (tertiary alicyclic amines) is 2. The van der Waals surface area contributed by atoms with Crippen molar-refractivity contribution in [2.45, 2.75) is 51.0 Å². The molecule has 3 fully saturated rings. The first-order valence-corrected chi connectivity index (χ1v) is 12.3. The zero-order chi connectivity index (χ0) is 22.6. The average Bonchev–Trinajstić information content (AvgIpc) is 3.46. The van der Waals surface area contributed by atoms with Crippen LogP contribution < -0.4 is 0 Å². The predicted molar refractivity (Wildman–Crippen MR) is 122 cm³/mol. The number of pyridine rings is 1. The van der Waals surface area contributed by atoms with Crippen LogP contribution in [-0.2, 0) is 9.53 Å². The first-order valence-electron chi connectivity index (χ1n) is 11.4. The van der Waals surface area contributed by atoms with Gasteiger partial charge < -0.3 is 14.5 Å². The highest BCUT2D eigenvalue weighted by molar-refractivity contribution is 7.12. The smallest absolute Gasteiger partial charge is 0.293 e. The Hall–Kier alpha value is -1.97. The van der Waals surface area contributed by atoms with E-state index in [1.54, 1.807) is 18.5 Å². The maximum Gasteiger partial charge on any atom is 0.293 e. The molecule has 3 aliphatic rings. The number of hydrogen-bond acceptors (Lipinski definition) is 8. The molecular formula is C23H32FN5O2S. The lowest BCUT2D eigenvalue weighted by Crippen LogP contribution is -2.53. The number of ether oxygens (including phenoxy) is 1. The van der Waals surface area contributed by atoms with Crippen molar-refractivity contribution in [1.82, 2.24) is 25.0 Å². The molecule has 2 aromatic heterocycles. The van der Waals surface area contributed by atoms with Gasteiger partial charge in [0.2, 0.25) is 0 Å². The van der Waals surface area contributed by atoms with Crippen LogP contribution in [0.2, 0.25) is 0 Å². The van der Waals surface area contributed by atoms with Gasteiger partial charge in [-0.2, -0.15) is 0 Å². The first-order chi connectivity index (χ1) is 15.5. The third kappa shape index (κ3) is 5.15. The number of aromatic nitrogens is 3. The standard InChI is InChI=1S/C20H26FN5S.C3H6O2/c1-25-11-20(12-25)5-2-16(9-20)26-6-3-14(4-7-26)17-8-15(21)10-22-18(17)19-24-23-13-27-19;1-2-5-3-4/h8,10,13-14,16H,2-7,9,11-12H2,1H3;3H,2H2,1H3. The van der Waals surface area contributed by atoms with Crippen molar-refractivity contribution in [3.63, 3.8) is 0 Å². The summed E-state index contributed by atoms with van der Waals surface area (Å²) in [5, 5.41) is 8.87. The molecule has 1 unspecified atom stereocenters. The topological polar surface area (TPSA) is 71.5 Å². The third-order valence-corrected chi connectivity index (χ3v) is 7.75. The van der Waals surface area contributed by atoms with Crippen molar-refractivity contribution < 1.29 is 13.9 Å². The normalized spacial score (nSPS) is 23.4. The van der Waals surface area contributed by atoms with Gasteiger partial charge in [-0.05, 0) is 82.1 Å². The molecule has 1 atom stereocenters. The average molecular weight is 462 g/mol. The van der Waals surface area contributed by atoms with Gasteiger partial charge >= 0.3 is 0 Å². The summed E-state index contributed by atoms with van der Waals surface area (Å²) < 4.78 is 18.1. The molecule has 0 radical (unpaired) electrons. The highest BCUT2D eigenvalue weighted by atomic mass is 32.1. The van der Waals surface area contributed by atoms with E-state index in [0.717, 1.165) is 48.2 Å². The summed E-state index contributed by atoms with van der Waals surface area (Å²) in [6.45, 7) is 7.43. The molecule has 7 nitrogen and oxygen atoms in total. The number of hydrogen-bond donors (Lipinski definition) is 0. The molecule has 1 aliphatic carbocycles. The second kappa shape index (κ2) is 10.3. The number of rotatable bonds is 5. The Morgan fingerprint density at radius 2 is 2.09 bits per heavy atom. The quantitative estimate of drug-likeness (QED) is 0.630. The molecule has 174 valence electrons. The van der Waals surface area contributed by atoms with Gasteiger partial charge in [0.25, 0.3) is 6.47 Å². The van der Waals surface area contributed by atoms with E-state index < -0.39 is 0 Å². The van der Waals surface area contributed by atoms with E-state index in [2.05, 4.69) is 36.8 Å². The van der Waals surface area contributed by atoms with Gasteiger partial charge in [-0.15, -0.1) is 10.2 Å². The van der Waals surface area contributed by atoms with E-state index in [0.29, 0.717) is 24.4 Å². The van der Waals surface area contributed by atoms with Crippen molar-refractivity contribution >= 4 is 17.8 Å². The fourth-order valence-corrected chi connectivity index (χ4v) is 6.31. The fourth-order valence-electron chi connectivity index (χ4n) is 5.74.